The van der Waals surface area contributed by atoms with Crippen molar-refractivity contribution in [2.45, 2.75) is 20.8 Å². The molecule has 1 unspecified atom stereocenters. The first-order chi connectivity index (χ1) is 13.6. The molecule has 1 aliphatic heterocycles. The van der Waals surface area contributed by atoms with Crippen LogP contribution in [0.3, 0.4) is 0 Å². The zero-order chi connectivity index (χ0) is 19.3. The van der Waals surface area contributed by atoms with Crippen LogP contribution < -0.4 is 9.47 Å². The number of fused-ring (bicyclic) bond motifs is 7. The van der Waals surface area contributed by atoms with E-state index in [2.05, 4.69) is 81.4 Å². The zero-order valence-corrected chi connectivity index (χ0v) is 16.6. The summed E-state index contributed by atoms with van der Waals surface area (Å²) in [5, 5.41) is 4.86. The van der Waals surface area contributed by atoms with Crippen LogP contribution in [0.5, 0.6) is 11.5 Å². The Bertz CT molecular complexity index is 1210. The molecule has 0 aliphatic carbocycles. The second kappa shape index (κ2) is 6.56. The minimum atomic E-state index is 0.320. The van der Waals surface area contributed by atoms with Crippen LogP contribution in [0.1, 0.15) is 18.1 Å². The highest BCUT2D eigenvalue weighted by Gasteiger charge is 2.21. The number of hydrogen-bond donors (Lipinski definition) is 0. The molecule has 0 saturated carbocycles. The first kappa shape index (κ1) is 17.1. The molecule has 0 radical (unpaired) electrons. The Morgan fingerprint density at radius 3 is 1.96 bits per heavy atom. The van der Waals surface area contributed by atoms with E-state index in [9.17, 15) is 0 Å². The molecule has 0 bridgehead atoms. The second-order valence-corrected chi connectivity index (χ2v) is 8.05. The first-order valence-electron chi connectivity index (χ1n) is 9.93. The Kier molecular flexibility index (Phi) is 4.01. The van der Waals surface area contributed by atoms with Gasteiger partial charge in [-0.3, -0.25) is 0 Å². The smallest absolute Gasteiger partial charge is 0.127 e. The highest BCUT2D eigenvalue weighted by molar-refractivity contribution is 6.10. The summed E-state index contributed by atoms with van der Waals surface area (Å²) in [6, 6.07) is 21.8. The lowest BCUT2D eigenvalue weighted by Gasteiger charge is -2.18. The van der Waals surface area contributed by atoms with Gasteiger partial charge in [0.25, 0.3) is 0 Å². The van der Waals surface area contributed by atoms with Gasteiger partial charge in [-0.25, -0.2) is 0 Å². The van der Waals surface area contributed by atoms with Crippen LogP contribution in [-0.2, 0) is 0 Å². The van der Waals surface area contributed by atoms with E-state index >= 15 is 0 Å². The summed E-state index contributed by atoms with van der Waals surface area (Å²) >= 11 is 0. The van der Waals surface area contributed by atoms with Gasteiger partial charge in [0.1, 0.15) is 11.5 Å². The molecular formula is C26H24O2. The Hall–Kier alpha value is -3.00. The van der Waals surface area contributed by atoms with E-state index in [0.717, 1.165) is 22.6 Å². The van der Waals surface area contributed by atoms with Crippen LogP contribution >= 0.6 is 0 Å². The molecule has 0 fully saturated rings. The van der Waals surface area contributed by atoms with Crippen molar-refractivity contribution in [3.63, 3.8) is 0 Å². The van der Waals surface area contributed by atoms with Crippen molar-refractivity contribution in [2.24, 2.45) is 5.92 Å². The molecular weight excluding hydrogens is 344 g/mol. The third-order valence-electron chi connectivity index (χ3n) is 5.57. The molecule has 1 heterocycles. The lowest BCUT2D eigenvalue weighted by molar-refractivity contribution is 0.192. The first-order valence-corrected chi connectivity index (χ1v) is 9.93. The van der Waals surface area contributed by atoms with Crippen LogP contribution in [0.2, 0.25) is 0 Å². The van der Waals surface area contributed by atoms with Gasteiger partial charge >= 0.3 is 0 Å². The standard InChI is InChI=1S/C26H24O2/c1-16-5-9-21-20(12-16)8-11-23-25(21)26-22-13-17(2)4-6-19(22)7-10-24(26)28-15-18(3)14-27-23/h4-13,18H,14-15H2,1-3H3. The summed E-state index contributed by atoms with van der Waals surface area (Å²) in [6.45, 7) is 7.74. The minimum absolute atomic E-state index is 0.320. The summed E-state index contributed by atoms with van der Waals surface area (Å²) in [4.78, 5) is 0. The van der Waals surface area contributed by atoms with E-state index in [4.69, 9.17) is 9.47 Å². The predicted octanol–water partition coefficient (Wildman–Crippen LogP) is 6.68. The topological polar surface area (TPSA) is 18.5 Å². The van der Waals surface area contributed by atoms with Crippen molar-refractivity contribution in [1.29, 1.82) is 0 Å². The molecule has 5 rings (SSSR count). The molecule has 0 N–H and O–H groups in total. The summed E-state index contributed by atoms with van der Waals surface area (Å²) in [6.07, 6.45) is 0. The second-order valence-electron chi connectivity index (χ2n) is 8.05. The third kappa shape index (κ3) is 2.80. The van der Waals surface area contributed by atoms with Crippen LogP contribution in [0.25, 0.3) is 32.7 Å². The number of aryl methyl sites for hydroxylation is 2. The van der Waals surface area contributed by atoms with E-state index < -0.39 is 0 Å². The van der Waals surface area contributed by atoms with Crippen LogP contribution in [0.4, 0.5) is 0 Å². The van der Waals surface area contributed by atoms with E-state index in [0.29, 0.717) is 19.1 Å². The van der Waals surface area contributed by atoms with Gasteiger partial charge in [0.05, 0.1) is 13.2 Å². The van der Waals surface area contributed by atoms with Crippen molar-refractivity contribution in [3.05, 3.63) is 71.8 Å². The molecule has 28 heavy (non-hydrogen) atoms. The van der Waals surface area contributed by atoms with E-state index in [-0.39, 0.29) is 0 Å². The van der Waals surface area contributed by atoms with Crippen molar-refractivity contribution in [1.82, 2.24) is 0 Å². The van der Waals surface area contributed by atoms with Gasteiger partial charge in [-0.2, -0.15) is 0 Å². The lowest BCUT2D eigenvalue weighted by Crippen LogP contribution is -2.15. The molecule has 1 aliphatic rings. The molecule has 4 aromatic rings. The molecule has 2 nitrogen and oxygen atoms in total. The highest BCUT2D eigenvalue weighted by Crippen LogP contribution is 2.46. The van der Waals surface area contributed by atoms with Gasteiger partial charge in [0, 0.05) is 17.0 Å². The maximum Gasteiger partial charge on any atom is 0.127 e. The molecule has 0 aromatic heterocycles. The van der Waals surface area contributed by atoms with Crippen LogP contribution in [0.15, 0.2) is 60.7 Å². The maximum absolute atomic E-state index is 6.32. The number of rotatable bonds is 0. The highest BCUT2D eigenvalue weighted by atomic mass is 16.5. The molecule has 0 amide bonds. The van der Waals surface area contributed by atoms with Gasteiger partial charge < -0.3 is 9.47 Å². The molecule has 1 atom stereocenters. The van der Waals surface area contributed by atoms with Crippen molar-refractivity contribution >= 4 is 21.5 Å². The number of ether oxygens (including phenoxy) is 2. The van der Waals surface area contributed by atoms with Gasteiger partial charge in [0.2, 0.25) is 0 Å². The fourth-order valence-electron chi connectivity index (χ4n) is 4.11. The van der Waals surface area contributed by atoms with E-state index in [1.54, 1.807) is 0 Å². The van der Waals surface area contributed by atoms with E-state index in [1.807, 2.05) is 0 Å². The molecule has 0 saturated heterocycles. The summed E-state index contributed by atoms with van der Waals surface area (Å²) in [7, 11) is 0. The normalized spacial score (nSPS) is 16.3. The Morgan fingerprint density at radius 1 is 0.643 bits per heavy atom. The Labute approximate surface area is 165 Å². The fourth-order valence-corrected chi connectivity index (χ4v) is 4.11. The minimum Gasteiger partial charge on any atom is -0.493 e. The average Bonchev–Trinajstić information content (AvgIpc) is 2.76. The quantitative estimate of drug-likeness (QED) is 0.344. The number of benzene rings is 4. The predicted molar refractivity (Wildman–Crippen MR) is 117 cm³/mol. The molecule has 0 spiro atoms. The van der Waals surface area contributed by atoms with Crippen LogP contribution in [-0.4, -0.2) is 13.2 Å². The molecule has 4 aromatic carbocycles. The fraction of sp³-hybridized carbons (Fsp3) is 0.231. The Morgan fingerprint density at radius 2 is 1.21 bits per heavy atom. The summed E-state index contributed by atoms with van der Waals surface area (Å²) in [5.41, 5.74) is 4.78. The van der Waals surface area contributed by atoms with Crippen LogP contribution in [0, 0.1) is 19.8 Å². The van der Waals surface area contributed by atoms with E-state index in [1.165, 1.54) is 32.7 Å². The maximum atomic E-state index is 6.32. The van der Waals surface area contributed by atoms with Crippen molar-refractivity contribution in [2.75, 3.05) is 13.2 Å². The van der Waals surface area contributed by atoms with Gasteiger partial charge in [-0.15, -0.1) is 0 Å². The third-order valence-corrected chi connectivity index (χ3v) is 5.57. The largest absolute Gasteiger partial charge is 0.493 e. The average molecular weight is 368 g/mol. The van der Waals surface area contributed by atoms with Gasteiger partial charge in [0.15, 0.2) is 0 Å². The molecule has 140 valence electrons. The van der Waals surface area contributed by atoms with Gasteiger partial charge in [-0.05, 0) is 47.5 Å². The lowest BCUT2D eigenvalue weighted by atomic mass is 9.91. The van der Waals surface area contributed by atoms with Crippen molar-refractivity contribution in [3.8, 4) is 22.6 Å². The number of hydrogen-bond acceptors (Lipinski definition) is 2. The molecule has 2 heteroatoms. The SMILES string of the molecule is Cc1ccc2c3c(ccc2c1)OCC(C)COc1ccc2ccc(C)cc2c1-3. The Balaban J connectivity index is 1.94. The van der Waals surface area contributed by atoms with Crippen molar-refractivity contribution < 1.29 is 9.47 Å². The van der Waals surface area contributed by atoms with Gasteiger partial charge in [-0.1, -0.05) is 66.6 Å². The monoisotopic (exact) mass is 368 g/mol. The summed E-state index contributed by atoms with van der Waals surface area (Å²) in [5.74, 6) is 2.19. The zero-order valence-electron chi connectivity index (χ0n) is 16.6. The summed E-state index contributed by atoms with van der Waals surface area (Å²) < 4.78 is 12.6.